The van der Waals surface area contributed by atoms with Crippen molar-refractivity contribution in [2.24, 2.45) is 0 Å². The molecule has 1 aliphatic heterocycles. The normalized spacial score (nSPS) is 16.2. The molecule has 0 aromatic heterocycles. The van der Waals surface area contributed by atoms with Crippen molar-refractivity contribution in [3.8, 4) is 5.75 Å². The van der Waals surface area contributed by atoms with Crippen LogP contribution >= 0.6 is 11.6 Å². The molecule has 11 heteroatoms. The van der Waals surface area contributed by atoms with Crippen LogP contribution in [0.25, 0.3) is 0 Å². The van der Waals surface area contributed by atoms with E-state index in [9.17, 15) is 21.6 Å². The van der Waals surface area contributed by atoms with Crippen molar-refractivity contribution >= 4 is 48.9 Å². The molecule has 0 aliphatic carbocycles. The first-order valence-corrected chi connectivity index (χ1v) is 11.5. The first-order chi connectivity index (χ1) is 13.0. The number of ether oxygens (including phenoxy) is 1. The third-order valence-corrected chi connectivity index (χ3v) is 7.62. The monoisotopic (exact) mass is 444 g/mol. The van der Waals surface area contributed by atoms with Gasteiger partial charge in [0.15, 0.2) is 0 Å². The quantitative estimate of drug-likeness (QED) is 0.758. The van der Waals surface area contributed by atoms with Gasteiger partial charge in [-0.05, 0) is 48.9 Å². The maximum Gasteiger partial charge on any atom is 0.262 e. The minimum absolute atomic E-state index is 0.0673. The van der Waals surface area contributed by atoms with E-state index in [0.29, 0.717) is 9.33 Å². The molecular formula is C17H17ClN2O6S2. The molecule has 2 aromatic rings. The van der Waals surface area contributed by atoms with Crippen LogP contribution in [0.3, 0.4) is 0 Å². The number of hydrogen-bond donors (Lipinski definition) is 1. The number of nitrogens with one attached hydrogen (secondary N) is 1. The summed E-state index contributed by atoms with van der Waals surface area (Å²) in [6.07, 6.45) is -0.0997. The van der Waals surface area contributed by atoms with E-state index < -0.39 is 26.0 Å². The Morgan fingerprint density at radius 1 is 1.18 bits per heavy atom. The van der Waals surface area contributed by atoms with Crippen molar-refractivity contribution in [3.63, 3.8) is 0 Å². The minimum Gasteiger partial charge on any atom is -0.495 e. The summed E-state index contributed by atoms with van der Waals surface area (Å²) in [4.78, 5) is 11.8. The van der Waals surface area contributed by atoms with E-state index in [-0.39, 0.29) is 39.8 Å². The van der Waals surface area contributed by atoms with Gasteiger partial charge in [-0.1, -0.05) is 11.6 Å². The van der Waals surface area contributed by atoms with Crippen molar-refractivity contribution in [3.05, 3.63) is 47.0 Å². The lowest BCUT2D eigenvalue weighted by Crippen LogP contribution is -2.29. The van der Waals surface area contributed by atoms with Gasteiger partial charge in [-0.3, -0.25) is 9.52 Å². The predicted octanol–water partition coefficient (Wildman–Crippen LogP) is 2.52. The molecule has 0 bridgehead atoms. The van der Waals surface area contributed by atoms with Crippen LogP contribution < -0.4 is 13.8 Å². The lowest BCUT2D eigenvalue weighted by atomic mass is 10.2. The summed E-state index contributed by atoms with van der Waals surface area (Å²) >= 11 is 5.93. The summed E-state index contributed by atoms with van der Waals surface area (Å²) in [6, 6.07) is 8.40. The van der Waals surface area contributed by atoms with E-state index in [1.807, 2.05) is 0 Å². The predicted molar refractivity (Wildman–Crippen MR) is 106 cm³/mol. The van der Waals surface area contributed by atoms with Gasteiger partial charge in [0, 0.05) is 11.4 Å². The Kier molecular flexibility index (Phi) is 5.30. The highest BCUT2D eigenvalue weighted by Gasteiger charge is 2.36. The standard InChI is InChI=1S/C17H17ClN2O6S2/c1-11-9-13(20-17(21)7-8-27(20,22)23)4-6-16(11)28(24,25)19-14-10-12(18)3-5-15(14)26-2/h3-6,9-10,19H,7-8H2,1-2H3. The summed E-state index contributed by atoms with van der Waals surface area (Å²) in [6.45, 7) is 1.51. The fourth-order valence-electron chi connectivity index (χ4n) is 2.89. The van der Waals surface area contributed by atoms with E-state index in [1.54, 1.807) is 6.07 Å². The number of halogens is 1. The fraction of sp³-hybridized carbons (Fsp3) is 0.235. The molecule has 0 atom stereocenters. The molecule has 1 saturated heterocycles. The Balaban J connectivity index is 1.98. The highest BCUT2D eigenvalue weighted by molar-refractivity contribution is 7.94. The largest absolute Gasteiger partial charge is 0.495 e. The molecule has 28 heavy (non-hydrogen) atoms. The van der Waals surface area contributed by atoms with E-state index in [2.05, 4.69) is 4.72 Å². The van der Waals surface area contributed by atoms with Gasteiger partial charge in [0.2, 0.25) is 15.9 Å². The maximum atomic E-state index is 12.8. The second kappa shape index (κ2) is 7.26. The van der Waals surface area contributed by atoms with Gasteiger partial charge < -0.3 is 4.74 Å². The third-order valence-electron chi connectivity index (χ3n) is 4.17. The summed E-state index contributed by atoms with van der Waals surface area (Å²) in [7, 11) is -6.35. The van der Waals surface area contributed by atoms with Gasteiger partial charge in [-0.25, -0.2) is 21.1 Å². The minimum atomic E-state index is -4.02. The molecule has 1 amide bonds. The van der Waals surface area contributed by atoms with Crippen LogP contribution in [-0.2, 0) is 24.8 Å². The number of amides is 1. The number of nitrogens with zero attached hydrogens (tertiary/aromatic N) is 1. The molecule has 8 nitrogen and oxygen atoms in total. The van der Waals surface area contributed by atoms with Gasteiger partial charge in [0.05, 0.1) is 29.1 Å². The molecule has 0 spiro atoms. The van der Waals surface area contributed by atoms with E-state index in [1.165, 1.54) is 44.4 Å². The molecule has 1 fully saturated rings. The van der Waals surface area contributed by atoms with Gasteiger partial charge in [0.25, 0.3) is 10.0 Å². The number of benzene rings is 2. The van der Waals surface area contributed by atoms with E-state index in [4.69, 9.17) is 16.3 Å². The number of methoxy groups -OCH3 is 1. The highest BCUT2D eigenvalue weighted by Crippen LogP contribution is 2.32. The van der Waals surface area contributed by atoms with Crippen LogP contribution in [0, 0.1) is 6.92 Å². The zero-order valence-corrected chi connectivity index (χ0v) is 17.4. The van der Waals surface area contributed by atoms with Gasteiger partial charge in [0.1, 0.15) is 5.75 Å². The first-order valence-electron chi connectivity index (χ1n) is 8.08. The van der Waals surface area contributed by atoms with E-state index >= 15 is 0 Å². The van der Waals surface area contributed by atoms with Crippen molar-refractivity contribution in [1.29, 1.82) is 0 Å². The molecule has 0 unspecified atom stereocenters. The Hall–Kier alpha value is -2.30. The SMILES string of the molecule is COc1ccc(Cl)cc1NS(=O)(=O)c1ccc(N2C(=O)CCS2(=O)=O)cc1C. The second-order valence-electron chi connectivity index (χ2n) is 6.12. The van der Waals surface area contributed by atoms with E-state index in [0.717, 1.165) is 0 Å². The molecule has 1 N–H and O–H groups in total. The summed E-state index contributed by atoms with van der Waals surface area (Å²) < 4.78 is 58.0. The van der Waals surface area contributed by atoms with Crippen LogP contribution in [0.2, 0.25) is 5.02 Å². The zero-order chi connectivity index (χ0) is 20.7. The Morgan fingerprint density at radius 3 is 2.46 bits per heavy atom. The Bertz CT molecular complexity index is 1160. The number of hydrogen-bond acceptors (Lipinski definition) is 6. The Labute approximate surface area is 168 Å². The molecule has 3 rings (SSSR count). The number of carbonyl (C=O) groups is 1. The van der Waals surface area contributed by atoms with Crippen molar-refractivity contribution in [2.45, 2.75) is 18.2 Å². The average molecular weight is 445 g/mol. The number of carbonyl (C=O) groups excluding carboxylic acids is 1. The maximum absolute atomic E-state index is 12.8. The molecule has 150 valence electrons. The number of rotatable bonds is 5. The summed E-state index contributed by atoms with van der Waals surface area (Å²) in [5.41, 5.74) is 0.552. The molecule has 1 heterocycles. The second-order valence-corrected chi connectivity index (χ2v) is 10.1. The third kappa shape index (κ3) is 3.80. The zero-order valence-electron chi connectivity index (χ0n) is 15.0. The topological polar surface area (TPSA) is 110 Å². The van der Waals surface area contributed by atoms with Crippen molar-refractivity contribution in [1.82, 2.24) is 0 Å². The fourth-order valence-corrected chi connectivity index (χ4v) is 5.80. The van der Waals surface area contributed by atoms with Crippen LogP contribution in [0.5, 0.6) is 5.75 Å². The van der Waals surface area contributed by atoms with Gasteiger partial charge in [-0.2, -0.15) is 0 Å². The molecule has 0 saturated carbocycles. The van der Waals surface area contributed by atoms with Crippen molar-refractivity contribution < 1.29 is 26.4 Å². The average Bonchev–Trinajstić information content (AvgIpc) is 2.87. The molecular weight excluding hydrogens is 428 g/mol. The number of anilines is 2. The van der Waals surface area contributed by atoms with Gasteiger partial charge >= 0.3 is 0 Å². The molecule has 2 aromatic carbocycles. The lowest BCUT2D eigenvalue weighted by molar-refractivity contribution is -0.116. The van der Waals surface area contributed by atoms with Crippen LogP contribution in [0.1, 0.15) is 12.0 Å². The van der Waals surface area contributed by atoms with Gasteiger partial charge in [-0.15, -0.1) is 0 Å². The van der Waals surface area contributed by atoms with Crippen molar-refractivity contribution in [2.75, 3.05) is 21.9 Å². The summed E-state index contributed by atoms with van der Waals surface area (Å²) in [5, 5.41) is 0.323. The number of sulfonamides is 2. The first kappa shape index (κ1) is 20.4. The van der Waals surface area contributed by atoms with Crippen LogP contribution in [0.4, 0.5) is 11.4 Å². The lowest BCUT2D eigenvalue weighted by Gasteiger charge is -2.18. The smallest absolute Gasteiger partial charge is 0.262 e. The highest BCUT2D eigenvalue weighted by atomic mass is 35.5. The molecule has 1 aliphatic rings. The molecule has 0 radical (unpaired) electrons. The van der Waals surface area contributed by atoms with Crippen LogP contribution in [0.15, 0.2) is 41.3 Å². The number of aryl methyl sites for hydroxylation is 1. The Morgan fingerprint density at radius 2 is 1.89 bits per heavy atom. The summed E-state index contributed by atoms with van der Waals surface area (Å²) in [5.74, 6) is -0.520. The van der Waals surface area contributed by atoms with Crippen LogP contribution in [-0.4, -0.2) is 35.6 Å².